The fourth-order valence-corrected chi connectivity index (χ4v) is 1.70. The number of halogens is 2. The van der Waals surface area contributed by atoms with Crippen molar-refractivity contribution >= 4 is 23.4 Å². The molecule has 0 heterocycles. The normalized spacial score (nSPS) is 10.2. The van der Waals surface area contributed by atoms with Gasteiger partial charge < -0.3 is 0 Å². The molecular weight excluding hydrogens is 183 g/mol. The van der Waals surface area contributed by atoms with E-state index in [9.17, 15) is 4.39 Å². The van der Waals surface area contributed by atoms with Crippen LogP contribution in [0, 0.1) is 12.7 Å². The largest absolute Gasteiger partial charge is 0.205 e. The third kappa shape index (κ3) is 1.68. The molecule has 0 saturated heterocycles. The SMILES string of the molecule is CSc1ccc(C)c(F)c1Cl. The van der Waals surface area contributed by atoms with Crippen LogP contribution in [0.5, 0.6) is 0 Å². The van der Waals surface area contributed by atoms with Crippen molar-refractivity contribution < 1.29 is 4.39 Å². The molecule has 1 aromatic rings. The molecule has 11 heavy (non-hydrogen) atoms. The average Bonchev–Trinajstić information content (AvgIpc) is 2.01. The van der Waals surface area contributed by atoms with E-state index in [4.69, 9.17) is 11.6 Å². The lowest BCUT2D eigenvalue weighted by Gasteiger charge is -2.02. The van der Waals surface area contributed by atoms with Gasteiger partial charge in [-0.05, 0) is 24.8 Å². The molecule has 0 N–H and O–H groups in total. The number of benzene rings is 1. The highest BCUT2D eigenvalue weighted by Crippen LogP contribution is 2.29. The van der Waals surface area contributed by atoms with Gasteiger partial charge in [0.05, 0.1) is 5.02 Å². The molecule has 1 aromatic carbocycles. The highest BCUT2D eigenvalue weighted by atomic mass is 35.5. The maximum atomic E-state index is 13.0. The molecule has 0 fully saturated rings. The Bertz CT molecular complexity index is 273. The average molecular weight is 191 g/mol. The summed E-state index contributed by atoms with van der Waals surface area (Å²) in [6.45, 7) is 1.70. The second-order valence-corrected chi connectivity index (χ2v) is 3.44. The Morgan fingerprint density at radius 3 is 2.64 bits per heavy atom. The molecule has 0 spiro atoms. The molecule has 0 aliphatic rings. The van der Waals surface area contributed by atoms with Crippen molar-refractivity contribution in [2.24, 2.45) is 0 Å². The molecule has 0 bridgehead atoms. The van der Waals surface area contributed by atoms with Gasteiger partial charge in [0.15, 0.2) is 0 Å². The van der Waals surface area contributed by atoms with Gasteiger partial charge in [0.2, 0.25) is 0 Å². The first-order valence-electron chi connectivity index (χ1n) is 3.15. The van der Waals surface area contributed by atoms with Crippen molar-refractivity contribution in [2.45, 2.75) is 11.8 Å². The summed E-state index contributed by atoms with van der Waals surface area (Å²) in [6, 6.07) is 3.55. The molecule has 3 heteroatoms. The lowest BCUT2D eigenvalue weighted by atomic mass is 10.2. The van der Waals surface area contributed by atoms with Gasteiger partial charge in [-0.1, -0.05) is 17.7 Å². The zero-order chi connectivity index (χ0) is 8.43. The first-order valence-corrected chi connectivity index (χ1v) is 4.75. The van der Waals surface area contributed by atoms with Crippen molar-refractivity contribution in [3.8, 4) is 0 Å². The number of hydrogen-bond donors (Lipinski definition) is 0. The van der Waals surface area contributed by atoms with E-state index in [-0.39, 0.29) is 10.8 Å². The van der Waals surface area contributed by atoms with Crippen molar-refractivity contribution in [2.75, 3.05) is 6.26 Å². The van der Waals surface area contributed by atoms with Crippen LogP contribution in [-0.2, 0) is 0 Å². The van der Waals surface area contributed by atoms with Crippen molar-refractivity contribution in [1.29, 1.82) is 0 Å². The van der Waals surface area contributed by atoms with Crippen LogP contribution >= 0.6 is 23.4 Å². The number of aryl methyl sites for hydroxylation is 1. The van der Waals surface area contributed by atoms with Gasteiger partial charge in [-0.3, -0.25) is 0 Å². The van der Waals surface area contributed by atoms with Crippen LogP contribution in [0.15, 0.2) is 17.0 Å². The summed E-state index contributed by atoms with van der Waals surface area (Å²) in [5.41, 5.74) is 0.591. The predicted octanol–water partition coefficient (Wildman–Crippen LogP) is 3.51. The van der Waals surface area contributed by atoms with Gasteiger partial charge in [-0.15, -0.1) is 11.8 Å². The van der Waals surface area contributed by atoms with E-state index >= 15 is 0 Å². The van der Waals surface area contributed by atoms with Gasteiger partial charge in [0.1, 0.15) is 5.82 Å². The molecule has 60 valence electrons. The topological polar surface area (TPSA) is 0 Å². The summed E-state index contributed by atoms with van der Waals surface area (Å²) >= 11 is 7.15. The van der Waals surface area contributed by atoms with Crippen LogP contribution in [0.25, 0.3) is 0 Å². The number of rotatable bonds is 1. The minimum atomic E-state index is -0.307. The lowest BCUT2D eigenvalue weighted by Crippen LogP contribution is -1.85. The minimum Gasteiger partial charge on any atom is -0.205 e. The molecule has 0 radical (unpaired) electrons. The van der Waals surface area contributed by atoms with Gasteiger partial charge >= 0.3 is 0 Å². The van der Waals surface area contributed by atoms with E-state index in [2.05, 4.69) is 0 Å². The van der Waals surface area contributed by atoms with E-state index < -0.39 is 0 Å². The van der Waals surface area contributed by atoms with Crippen LogP contribution in [0.1, 0.15) is 5.56 Å². The first kappa shape index (κ1) is 8.88. The zero-order valence-electron chi connectivity index (χ0n) is 6.32. The fourth-order valence-electron chi connectivity index (χ4n) is 0.786. The van der Waals surface area contributed by atoms with Crippen LogP contribution in [0.2, 0.25) is 5.02 Å². The van der Waals surface area contributed by atoms with Crippen LogP contribution < -0.4 is 0 Å². The molecule has 0 aliphatic carbocycles. The van der Waals surface area contributed by atoms with E-state index in [1.165, 1.54) is 11.8 Å². The Balaban J connectivity index is 3.25. The van der Waals surface area contributed by atoms with Crippen LogP contribution in [0.4, 0.5) is 4.39 Å². The van der Waals surface area contributed by atoms with E-state index in [0.717, 1.165) is 4.90 Å². The van der Waals surface area contributed by atoms with E-state index in [0.29, 0.717) is 5.56 Å². The summed E-state index contributed by atoms with van der Waals surface area (Å²) in [5.74, 6) is -0.307. The number of hydrogen-bond acceptors (Lipinski definition) is 1. The zero-order valence-corrected chi connectivity index (χ0v) is 7.89. The monoisotopic (exact) mass is 190 g/mol. The van der Waals surface area contributed by atoms with Gasteiger partial charge in [-0.2, -0.15) is 0 Å². The summed E-state index contributed by atoms with van der Waals surface area (Å²) in [7, 11) is 0. The molecule has 0 unspecified atom stereocenters. The number of thioether (sulfide) groups is 1. The predicted molar refractivity (Wildman–Crippen MR) is 47.9 cm³/mol. The van der Waals surface area contributed by atoms with E-state index in [1.54, 1.807) is 13.0 Å². The molecular formula is C8H8ClFS. The minimum absolute atomic E-state index is 0.234. The summed E-state index contributed by atoms with van der Waals surface area (Å²) in [6.07, 6.45) is 1.87. The maximum absolute atomic E-state index is 13.0. The Morgan fingerprint density at radius 1 is 1.45 bits per heavy atom. The third-order valence-corrected chi connectivity index (χ3v) is 2.72. The Morgan fingerprint density at radius 2 is 2.09 bits per heavy atom. The lowest BCUT2D eigenvalue weighted by molar-refractivity contribution is 0.615. The molecule has 1 rings (SSSR count). The van der Waals surface area contributed by atoms with Crippen molar-refractivity contribution in [3.63, 3.8) is 0 Å². The molecule has 0 atom stereocenters. The van der Waals surface area contributed by atoms with E-state index in [1.807, 2.05) is 12.3 Å². The summed E-state index contributed by atoms with van der Waals surface area (Å²) < 4.78 is 13.0. The highest BCUT2D eigenvalue weighted by Gasteiger charge is 2.06. The Kier molecular flexibility index (Phi) is 2.79. The summed E-state index contributed by atoms with van der Waals surface area (Å²) in [5, 5.41) is 0.234. The molecule has 0 nitrogen and oxygen atoms in total. The van der Waals surface area contributed by atoms with Gasteiger partial charge in [0, 0.05) is 4.90 Å². The van der Waals surface area contributed by atoms with Gasteiger partial charge in [0.25, 0.3) is 0 Å². The molecule has 0 aromatic heterocycles. The highest BCUT2D eigenvalue weighted by molar-refractivity contribution is 7.98. The Labute approximate surface area is 74.8 Å². The Hall–Kier alpha value is -0.210. The van der Waals surface area contributed by atoms with Crippen LogP contribution in [0.3, 0.4) is 0 Å². The molecule has 0 aliphatic heterocycles. The smallest absolute Gasteiger partial charge is 0.145 e. The van der Waals surface area contributed by atoms with Crippen molar-refractivity contribution in [1.82, 2.24) is 0 Å². The standard InChI is InChI=1S/C8H8ClFS/c1-5-3-4-6(11-2)7(9)8(5)10/h3-4H,1-2H3. The quantitative estimate of drug-likeness (QED) is 0.611. The molecule has 0 saturated carbocycles. The second kappa shape index (κ2) is 3.46. The van der Waals surface area contributed by atoms with Crippen molar-refractivity contribution in [3.05, 3.63) is 28.5 Å². The van der Waals surface area contributed by atoms with Gasteiger partial charge in [-0.25, -0.2) is 4.39 Å². The second-order valence-electron chi connectivity index (χ2n) is 2.21. The molecule has 0 amide bonds. The third-order valence-electron chi connectivity index (χ3n) is 1.46. The maximum Gasteiger partial charge on any atom is 0.145 e. The first-order chi connectivity index (χ1) is 5.16. The fraction of sp³-hybridized carbons (Fsp3) is 0.250. The van der Waals surface area contributed by atoms with Crippen LogP contribution in [-0.4, -0.2) is 6.26 Å². The summed E-state index contributed by atoms with van der Waals surface area (Å²) in [4.78, 5) is 0.787.